The largest absolute Gasteiger partial charge is 1.00 e. The average molecular weight is 250 g/mol. The van der Waals surface area contributed by atoms with E-state index in [1.807, 2.05) is 0 Å². The van der Waals surface area contributed by atoms with E-state index in [0.29, 0.717) is 11.3 Å². The van der Waals surface area contributed by atoms with Gasteiger partial charge >= 0.3 is 18.9 Å². The predicted molar refractivity (Wildman–Crippen MR) is 56.1 cm³/mol. The van der Waals surface area contributed by atoms with Crippen molar-refractivity contribution in [2.24, 2.45) is 0 Å². The molecule has 0 radical (unpaired) electrons. The van der Waals surface area contributed by atoms with Gasteiger partial charge in [0.15, 0.2) is 0 Å². The molecule has 1 aromatic rings. The third-order valence-electron chi connectivity index (χ3n) is 1.92. The number of benzene rings is 1. The van der Waals surface area contributed by atoms with Crippen molar-refractivity contribution in [3.63, 3.8) is 0 Å². The summed E-state index contributed by atoms with van der Waals surface area (Å²) in [5.41, 5.74) is -0.355. The molecule has 0 saturated heterocycles. The zero-order valence-corrected chi connectivity index (χ0v) is 10.9. The summed E-state index contributed by atoms with van der Waals surface area (Å²) in [5.74, 6) is 0.602. The van der Waals surface area contributed by atoms with E-state index >= 15 is 0 Å². The maximum Gasteiger partial charge on any atom is 1.00 e. The molecule has 1 aromatic carbocycles. The predicted octanol–water partition coefficient (Wildman–Crippen LogP) is -1.68. The minimum atomic E-state index is -4.38. The maximum atomic E-state index is 11.1. The first-order valence-electron chi connectivity index (χ1n) is 4.55. The molecule has 7 heteroatoms. The molecule has 88 valence electrons. The summed E-state index contributed by atoms with van der Waals surface area (Å²) in [7, 11) is -2.88. The van der Waals surface area contributed by atoms with Crippen molar-refractivity contribution < 1.29 is 42.4 Å². The molecule has 0 aliphatic rings. The molecule has 1 atom stereocenters. The van der Waals surface area contributed by atoms with Crippen molar-refractivity contribution in [3.8, 4) is 5.75 Å². The van der Waals surface area contributed by atoms with Gasteiger partial charge in [0.05, 0.1) is 13.7 Å². The first-order valence-corrected chi connectivity index (χ1v) is 6.09. The monoisotopic (exact) mass is 250 g/mol. The van der Waals surface area contributed by atoms with E-state index in [-0.39, 0.29) is 25.5 Å². The normalized spacial score (nSPS) is 13.4. The van der Waals surface area contributed by atoms with Gasteiger partial charge in [-0.15, -0.1) is 0 Å². The molecule has 0 aromatic heterocycles. The van der Waals surface area contributed by atoms with E-state index in [1.54, 1.807) is 24.3 Å². The molecule has 5 nitrogen and oxygen atoms in total. The van der Waals surface area contributed by atoms with Gasteiger partial charge in [-0.25, -0.2) is 0 Å². The van der Waals surface area contributed by atoms with Crippen molar-refractivity contribution in [1.82, 2.24) is 0 Å². The molecule has 0 spiro atoms. The Hall–Kier alpha value is -0.563. The average Bonchev–Trinajstić information content (AvgIpc) is 2.26. The van der Waals surface area contributed by atoms with Crippen LogP contribution >= 0.6 is 7.60 Å². The van der Waals surface area contributed by atoms with Gasteiger partial charge < -0.3 is 18.7 Å². The van der Waals surface area contributed by atoms with Gasteiger partial charge in [0, 0.05) is 6.92 Å². The van der Waals surface area contributed by atoms with E-state index in [1.165, 1.54) is 7.11 Å². The molecular formula is C10H12LiO5P. The van der Waals surface area contributed by atoms with Gasteiger partial charge in [-0.1, -0.05) is 12.1 Å². The molecule has 0 bridgehead atoms. The van der Waals surface area contributed by atoms with Gasteiger partial charge in [-0.3, -0.25) is 4.79 Å². The number of methoxy groups -OCH3 is 1. The Balaban J connectivity index is 0.00000256. The fraction of sp³-hybridized carbons (Fsp3) is 0.300. The molecule has 0 N–H and O–H groups in total. The van der Waals surface area contributed by atoms with Crippen LogP contribution in [-0.2, 0) is 20.5 Å². The van der Waals surface area contributed by atoms with Crippen LogP contribution in [0.5, 0.6) is 5.75 Å². The SMILES string of the molecule is COc1cccc(COP(=O)([O-])C(C)=O)c1.[Li+]. The Labute approximate surface area is 112 Å². The Morgan fingerprint density at radius 3 is 2.65 bits per heavy atom. The van der Waals surface area contributed by atoms with Crippen LogP contribution in [0.25, 0.3) is 0 Å². The molecule has 17 heavy (non-hydrogen) atoms. The van der Waals surface area contributed by atoms with Crippen LogP contribution < -0.4 is 28.5 Å². The summed E-state index contributed by atoms with van der Waals surface area (Å²) in [6, 6.07) is 6.76. The van der Waals surface area contributed by atoms with Gasteiger partial charge in [0.2, 0.25) is 13.1 Å². The van der Waals surface area contributed by atoms with Crippen LogP contribution in [0.1, 0.15) is 12.5 Å². The van der Waals surface area contributed by atoms with Crippen LogP contribution in [0.3, 0.4) is 0 Å². The van der Waals surface area contributed by atoms with E-state index < -0.39 is 13.1 Å². The maximum absolute atomic E-state index is 11.1. The minimum absolute atomic E-state index is 0. The first kappa shape index (κ1) is 16.4. The summed E-state index contributed by atoms with van der Waals surface area (Å²) < 4.78 is 20.6. The van der Waals surface area contributed by atoms with Gasteiger partial charge in [0.1, 0.15) is 5.75 Å². The Morgan fingerprint density at radius 1 is 1.47 bits per heavy atom. The van der Waals surface area contributed by atoms with Gasteiger partial charge in [0.25, 0.3) is 0 Å². The molecular weight excluding hydrogens is 238 g/mol. The third-order valence-corrected chi connectivity index (χ3v) is 3.16. The second-order valence-electron chi connectivity index (χ2n) is 3.14. The third kappa shape index (κ3) is 5.07. The van der Waals surface area contributed by atoms with Gasteiger partial charge in [-0.2, -0.15) is 0 Å². The quantitative estimate of drug-likeness (QED) is 0.460. The Bertz CT molecular complexity index is 434. The summed E-state index contributed by atoms with van der Waals surface area (Å²) in [6.45, 7) is 0.789. The molecule has 0 saturated carbocycles. The molecule has 1 unspecified atom stereocenters. The number of carbonyl (C=O) groups is 1. The smallest absolute Gasteiger partial charge is 0.773 e. The molecule has 0 aliphatic carbocycles. The number of carbonyl (C=O) groups excluding carboxylic acids is 1. The second-order valence-corrected chi connectivity index (χ2v) is 5.02. The fourth-order valence-electron chi connectivity index (χ4n) is 1.01. The van der Waals surface area contributed by atoms with Crippen LogP contribution in [0.2, 0.25) is 0 Å². The molecule has 0 heterocycles. The molecule has 0 aliphatic heterocycles. The molecule has 0 fully saturated rings. The van der Waals surface area contributed by atoms with E-state index in [4.69, 9.17) is 4.74 Å². The van der Waals surface area contributed by atoms with Crippen LogP contribution in [0.4, 0.5) is 0 Å². The topological polar surface area (TPSA) is 75.7 Å². The zero-order chi connectivity index (χ0) is 12.2. The first-order chi connectivity index (χ1) is 7.45. The van der Waals surface area contributed by atoms with E-state index in [0.717, 1.165) is 6.92 Å². The summed E-state index contributed by atoms with van der Waals surface area (Å²) in [5, 5.41) is 0. The Kier molecular flexibility index (Phi) is 6.77. The number of ether oxygens (including phenoxy) is 1. The fourth-order valence-corrected chi connectivity index (χ4v) is 1.51. The van der Waals surface area contributed by atoms with Crippen LogP contribution in [0, 0.1) is 0 Å². The van der Waals surface area contributed by atoms with Crippen molar-refractivity contribution >= 4 is 13.1 Å². The van der Waals surface area contributed by atoms with E-state index in [9.17, 15) is 14.3 Å². The van der Waals surface area contributed by atoms with Crippen molar-refractivity contribution in [2.45, 2.75) is 13.5 Å². The summed E-state index contributed by atoms with van der Waals surface area (Å²) in [4.78, 5) is 21.8. The zero-order valence-electron chi connectivity index (χ0n) is 10.0. The second kappa shape index (κ2) is 7.00. The Morgan fingerprint density at radius 2 is 2.12 bits per heavy atom. The van der Waals surface area contributed by atoms with Crippen molar-refractivity contribution in [3.05, 3.63) is 29.8 Å². The molecule has 1 rings (SSSR count). The summed E-state index contributed by atoms with van der Waals surface area (Å²) in [6.07, 6.45) is 0. The molecule has 0 amide bonds. The van der Waals surface area contributed by atoms with Gasteiger partial charge in [-0.05, 0) is 17.7 Å². The standard InChI is InChI=1S/C10H13O5P.Li/c1-8(11)16(12,13)15-7-9-4-3-5-10(6-9)14-2;/h3-6H,7H2,1-2H3,(H,12,13);/q;+1/p-1. The summed E-state index contributed by atoms with van der Waals surface area (Å²) >= 11 is 0. The number of hydrogen-bond acceptors (Lipinski definition) is 5. The van der Waals surface area contributed by atoms with Crippen LogP contribution in [0.15, 0.2) is 24.3 Å². The van der Waals surface area contributed by atoms with E-state index in [2.05, 4.69) is 4.52 Å². The van der Waals surface area contributed by atoms with Crippen LogP contribution in [-0.4, -0.2) is 12.6 Å². The number of hydrogen-bond donors (Lipinski definition) is 0. The number of rotatable bonds is 5. The van der Waals surface area contributed by atoms with Crippen molar-refractivity contribution in [1.29, 1.82) is 0 Å². The van der Waals surface area contributed by atoms with Crippen molar-refractivity contribution in [2.75, 3.05) is 7.11 Å². The minimum Gasteiger partial charge on any atom is -0.773 e.